The van der Waals surface area contributed by atoms with E-state index in [9.17, 15) is 14.4 Å². The van der Waals surface area contributed by atoms with Gasteiger partial charge in [0.25, 0.3) is 5.89 Å². The average Bonchev–Trinajstić information content (AvgIpc) is 3.33. The first-order valence-corrected chi connectivity index (χ1v) is 9.01. The normalized spacial score (nSPS) is 14.7. The maximum Gasteiger partial charge on any atom is 0.324 e. The van der Waals surface area contributed by atoms with Gasteiger partial charge in [-0.15, -0.1) is 10.2 Å². The summed E-state index contributed by atoms with van der Waals surface area (Å²) >= 11 is 0. The van der Waals surface area contributed by atoms with E-state index in [1.165, 1.54) is 4.90 Å². The summed E-state index contributed by atoms with van der Waals surface area (Å²) in [6.07, 6.45) is 1.72. The summed E-state index contributed by atoms with van der Waals surface area (Å²) in [4.78, 5) is 42.9. The van der Waals surface area contributed by atoms with E-state index in [0.717, 1.165) is 4.90 Å². The first-order valence-electron chi connectivity index (χ1n) is 9.01. The molecule has 0 aromatic carbocycles. The summed E-state index contributed by atoms with van der Waals surface area (Å²) in [5, 5.41) is 14.5. The molecule has 0 spiro atoms. The molecule has 4 rings (SSSR count). The van der Waals surface area contributed by atoms with E-state index in [4.69, 9.17) is 4.52 Å². The Hall–Kier alpha value is -3.83. The number of rotatable bonds is 4. The van der Waals surface area contributed by atoms with Crippen LogP contribution in [0.5, 0.6) is 0 Å². The van der Waals surface area contributed by atoms with Crippen molar-refractivity contribution >= 4 is 23.5 Å². The van der Waals surface area contributed by atoms with E-state index in [-0.39, 0.29) is 13.1 Å². The highest BCUT2D eigenvalue weighted by Crippen LogP contribution is 2.18. The number of fused-ring (bicyclic) bond motifs is 1. The molecule has 0 aliphatic carbocycles. The Morgan fingerprint density at radius 1 is 1.24 bits per heavy atom. The molecular weight excluding hydrogens is 380 g/mol. The lowest BCUT2D eigenvalue weighted by molar-refractivity contribution is -0.153. The number of aromatic nitrogens is 5. The van der Waals surface area contributed by atoms with Crippen molar-refractivity contribution < 1.29 is 18.9 Å². The first-order chi connectivity index (χ1) is 14.0. The third kappa shape index (κ3) is 3.39. The van der Waals surface area contributed by atoms with E-state index in [2.05, 4.69) is 25.7 Å². The SMILES string of the molecule is CCN1CCN(C(=O)NCc2nnc3cc(-c4nc(C)no4)ccn23)C(=O)C1=O. The number of carbonyl (C=O) groups is 3. The van der Waals surface area contributed by atoms with Crippen LogP contribution in [0.1, 0.15) is 18.6 Å². The Balaban J connectivity index is 1.45. The van der Waals surface area contributed by atoms with Crippen molar-refractivity contribution in [2.45, 2.75) is 20.4 Å². The number of nitrogens with one attached hydrogen (secondary N) is 1. The molecule has 0 radical (unpaired) electrons. The molecule has 1 fully saturated rings. The minimum Gasteiger partial charge on any atom is -0.334 e. The monoisotopic (exact) mass is 398 g/mol. The number of aryl methyl sites for hydroxylation is 1. The van der Waals surface area contributed by atoms with Crippen molar-refractivity contribution in [1.82, 2.24) is 39.9 Å². The van der Waals surface area contributed by atoms with Gasteiger partial charge in [0.05, 0.1) is 6.54 Å². The number of carbonyl (C=O) groups excluding carboxylic acids is 3. The summed E-state index contributed by atoms with van der Waals surface area (Å²) in [6.45, 7) is 4.44. The van der Waals surface area contributed by atoms with Crippen LogP contribution in [0, 0.1) is 6.92 Å². The highest BCUT2D eigenvalue weighted by molar-refractivity contribution is 6.38. The molecule has 0 bridgehead atoms. The minimum absolute atomic E-state index is 0.0362. The number of urea groups is 1. The van der Waals surface area contributed by atoms with Crippen molar-refractivity contribution in [3.63, 3.8) is 0 Å². The van der Waals surface area contributed by atoms with Gasteiger partial charge in [0, 0.05) is 31.4 Å². The lowest BCUT2D eigenvalue weighted by atomic mass is 10.2. The molecule has 12 nitrogen and oxygen atoms in total. The topological polar surface area (TPSA) is 139 Å². The molecule has 4 heterocycles. The fraction of sp³-hybridized carbons (Fsp3) is 0.353. The molecule has 12 heteroatoms. The van der Waals surface area contributed by atoms with Gasteiger partial charge in [0.1, 0.15) is 0 Å². The molecule has 1 saturated heterocycles. The fourth-order valence-corrected chi connectivity index (χ4v) is 3.03. The summed E-state index contributed by atoms with van der Waals surface area (Å²) in [6, 6.07) is 2.85. The van der Waals surface area contributed by atoms with Gasteiger partial charge in [-0.3, -0.25) is 18.9 Å². The molecule has 29 heavy (non-hydrogen) atoms. The van der Waals surface area contributed by atoms with Crippen molar-refractivity contribution in [2.24, 2.45) is 0 Å². The minimum atomic E-state index is -0.832. The van der Waals surface area contributed by atoms with Gasteiger partial charge in [-0.1, -0.05) is 5.16 Å². The number of imide groups is 1. The van der Waals surface area contributed by atoms with Crippen LogP contribution in [0.2, 0.25) is 0 Å². The van der Waals surface area contributed by atoms with E-state index >= 15 is 0 Å². The van der Waals surface area contributed by atoms with Crippen LogP contribution in [0.15, 0.2) is 22.9 Å². The summed E-state index contributed by atoms with van der Waals surface area (Å²) in [7, 11) is 0. The number of hydrogen-bond donors (Lipinski definition) is 1. The molecule has 1 aliphatic rings. The molecular formula is C17H18N8O4. The van der Waals surface area contributed by atoms with Crippen LogP contribution in [0.3, 0.4) is 0 Å². The van der Waals surface area contributed by atoms with Crippen LogP contribution in [0.4, 0.5) is 4.79 Å². The average molecular weight is 398 g/mol. The quantitative estimate of drug-likeness (QED) is 0.605. The highest BCUT2D eigenvalue weighted by Gasteiger charge is 2.35. The van der Waals surface area contributed by atoms with Crippen LogP contribution in [0.25, 0.3) is 17.1 Å². The Labute approximate surface area is 164 Å². The number of nitrogens with zero attached hydrogens (tertiary/aromatic N) is 7. The van der Waals surface area contributed by atoms with Gasteiger partial charge in [0.15, 0.2) is 17.3 Å². The second-order valence-corrected chi connectivity index (χ2v) is 6.41. The highest BCUT2D eigenvalue weighted by atomic mass is 16.5. The zero-order valence-corrected chi connectivity index (χ0v) is 15.8. The maximum absolute atomic E-state index is 12.4. The van der Waals surface area contributed by atoms with Gasteiger partial charge in [-0.25, -0.2) is 4.79 Å². The third-order valence-corrected chi connectivity index (χ3v) is 4.59. The largest absolute Gasteiger partial charge is 0.334 e. The number of amides is 4. The summed E-state index contributed by atoms with van der Waals surface area (Å²) in [5.74, 6) is -0.144. The van der Waals surface area contributed by atoms with E-state index in [0.29, 0.717) is 41.8 Å². The zero-order valence-electron chi connectivity index (χ0n) is 15.8. The fourth-order valence-electron chi connectivity index (χ4n) is 3.03. The Morgan fingerprint density at radius 3 is 2.79 bits per heavy atom. The molecule has 0 saturated carbocycles. The van der Waals surface area contributed by atoms with Crippen LogP contribution in [-0.2, 0) is 16.1 Å². The van der Waals surface area contributed by atoms with Crippen molar-refractivity contribution in [3.05, 3.63) is 30.0 Å². The van der Waals surface area contributed by atoms with E-state index in [1.54, 1.807) is 36.6 Å². The number of pyridine rings is 1. The standard InChI is InChI=1S/C17H18N8O4/c1-3-23-6-7-25(16(27)15(23)26)17(28)18-9-13-21-20-12-8-11(4-5-24(12)13)14-19-10(2)22-29-14/h4-5,8H,3,6-7,9H2,1-2H3,(H,18,28). The Morgan fingerprint density at radius 2 is 2.07 bits per heavy atom. The molecule has 3 aromatic rings. The molecule has 0 atom stereocenters. The predicted octanol–water partition coefficient (Wildman–Crippen LogP) is -0.0120. The Kier molecular flexibility index (Phi) is 4.66. The van der Waals surface area contributed by atoms with Gasteiger partial charge in [-0.2, -0.15) is 4.98 Å². The number of piperazine rings is 1. The molecule has 0 unspecified atom stereocenters. The van der Waals surface area contributed by atoms with Gasteiger partial charge < -0.3 is 14.7 Å². The van der Waals surface area contributed by atoms with Crippen LogP contribution in [-0.4, -0.2) is 72.0 Å². The smallest absolute Gasteiger partial charge is 0.324 e. The number of hydrogen-bond acceptors (Lipinski definition) is 8. The summed E-state index contributed by atoms with van der Waals surface area (Å²) < 4.78 is 6.83. The predicted molar refractivity (Wildman–Crippen MR) is 97.2 cm³/mol. The first kappa shape index (κ1) is 18.5. The van der Waals surface area contributed by atoms with Crippen molar-refractivity contribution in [1.29, 1.82) is 0 Å². The van der Waals surface area contributed by atoms with Crippen LogP contribution >= 0.6 is 0 Å². The molecule has 1 aliphatic heterocycles. The maximum atomic E-state index is 12.4. The van der Waals surface area contributed by atoms with Crippen LogP contribution < -0.4 is 5.32 Å². The number of likely N-dealkylation sites (N-methyl/N-ethyl adjacent to an activating group) is 1. The molecule has 3 aromatic heterocycles. The van der Waals surface area contributed by atoms with Gasteiger partial charge >= 0.3 is 17.8 Å². The summed E-state index contributed by atoms with van der Waals surface area (Å²) in [5.41, 5.74) is 1.23. The second-order valence-electron chi connectivity index (χ2n) is 6.41. The van der Waals surface area contributed by atoms with Crippen molar-refractivity contribution in [2.75, 3.05) is 19.6 Å². The second kappa shape index (κ2) is 7.30. The third-order valence-electron chi connectivity index (χ3n) is 4.59. The van der Waals surface area contributed by atoms with E-state index < -0.39 is 17.8 Å². The molecule has 4 amide bonds. The molecule has 150 valence electrons. The molecule has 1 N–H and O–H groups in total. The zero-order chi connectivity index (χ0) is 20.5. The Bertz CT molecular complexity index is 1100. The lowest BCUT2D eigenvalue weighted by Crippen LogP contribution is -2.58. The van der Waals surface area contributed by atoms with Gasteiger partial charge in [-0.05, 0) is 26.0 Å². The van der Waals surface area contributed by atoms with E-state index in [1.807, 2.05) is 0 Å². The van der Waals surface area contributed by atoms with Gasteiger partial charge in [0.2, 0.25) is 0 Å². The van der Waals surface area contributed by atoms with Crippen molar-refractivity contribution in [3.8, 4) is 11.5 Å². The lowest BCUT2D eigenvalue weighted by Gasteiger charge is -2.31.